The number of nitrogens with zero attached hydrogens (tertiary/aromatic N) is 4. The standard InChI is InChI=1S/C27H41N5O7S/c1-17-14-32(18(2)16-33)27(35)22-13-21(28-25(34)9-8-12-30(5)6)10-11-23(22)38-24(17)15-31(7)40(36,37)26-19(3)29-39-20(26)4/h10-11,13,17-18,24,33H,8-9,12,14-16H2,1-7H3,(H,28,34)/t17-,18-,24-/m0/s1. The molecule has 13 heteroatoms. The number of amides is 2. The van der Waals surface area contributed by atoms with Gasteiger partial charge in [0, 0.05) is 31.6 Å². The number of aryl methyl sites for hydroxylation is 2. The van der Waals surface area contributed by atoms with Crippen LogP contribution in [-0.4, -0.2) is 104 Å². The van der Waals surface area contributed by atoms with E-state index in [2.05, 4.69) is 10.5 Å². The number of hydrogen-bond acceptors (Lipinski definition) is 9. The summed E-state index contributed by atoms with van der Waals surface area (Å²) in [4.78, 5) is 29.7. The number of sulfonamides is 1. The van der Waals surface area contributed by atoms with Crippen molar-refractivity contribution in [2.75, 3.05) is 52.7 Å². The number of fused-ring (bicyclic) bond motifs is 1. The van der Waals surface area contributed by atoms with Gasteiger partial charge in [-0.2, -0.15) is 4.31 Å². The number of carbonyl (C=O) groups is 2. The predicted molar refractivity (Wildman–Crippen MR) is 150 cm³/mol. The molecule has 0 unspecified atom stereocenters. The van der Waals surface area contributed by atoms with Gasteiger partial charge < -0.3 is 29.5 Å². The number of anilines is 1. The zero-order chi connectivity index (χ0) is 29.8. The van der Waals surface area contributed by atoms with Crippen LogP contribution >= 0.6 is 0 Å². The highest BCUT2D eigenvalue weighted by molar-refractivity contribution is 7.89. The van der Waals surface area contributed by atoms with Crippen LogP contribution in [-0.2, 0) is 14.8 Å². The molecule has 2 amide bonds. The Hall–Kier alpha value is -3.00. The molecule has 1 aromatic heterocycles. The Labute approximate surface area is 236 Å². The Kier molecular flexibility index (Phi) is 10.3. The molecular formula is C27H41N5O7S. The lowest BCUT2D eigenvalue weighted by molar-refractivity contribution is -0.116. The van der Waals surface area contributed by atoms with Gasteiger partial charge in [-0.15, -0.1) is 0 Å². The number of nitrogens with one attached hydrogen (secondary N) is 1. The Morgan fingerprint density at radius 2 is 1.98 bits per heavy atom. The normalized spacial score (nSPS) is 18.8. The fourth-order valence-electron chi connectivity index (χ4n) is 4.65. The molecule has 0 fully saturated rings. The molecule has 40 heavy (non-hydrogen) atoms. The number of ether oxygens (including phenoxy) is 1. The van der Waals surface area contributed by atoms with Gasteiger partial charge in [-0.1, -0.05) is 12.1 Å². The molecule has 0 saturated heterocycles. The maximum atomic E-state index is 13.6. The van der Waals surface area contributed by atoms with Crippen molar-refractivity contribution in [3.63, 3.8) is 0 Å². The molecule has 3 rings (SSSR count). The average Bonchev–Trinajstić information content (AvgIpc) is 3.23. The van der Waals surface area contributed by atoms with Crippen molar-refractivity contribution in [2.24, 2.45) is 5.92 Å². The number of aromatic nitrogens is 1. The molecule has 2 aromatic rings. The highest BCUT2D eigenvalue weighted by Gasteiger charge is 2.36. The molecule has 1 aliphatic rings. The number of rotatable bonds is 11. The van der Waals surface area contributed by atoms with Gasteiger partial charge in [0.25, 0.3) is 5.91 Å². The minimum atomic E-state index is -3.93. The number of aliphatic hydroxyl groups excluding tert-OH is 1. The van der Waals surface area contributed by atoms with Gasteiger partial charge in [0.1, 0.15) is 22.4 Å². The summed E-state index contributed by atoms with van der Waals surface area (Å²) in [6, 6.07) is 4.34. The van der Waals surface area contributed by atoms with E-state index in [0.717, 1.165) is 6.54 Å². The predicted octanol–water partition coefficient (Wildman–Crippen LogP) is 2.11. The van der Waals surface area contributed by atoms with E-state index >= 15 is 0 Å². The molecule has 1 aliphatic heterocycles. The molecule has 222 valence electrons. The lowest BCUT2D eigenvalue weighted by atomic mass is 9.99. The maximum Gasteiger partial charge on any atom is 0.258 e. The van der Waals surface area contributed by atoms with Crippen molar-refractivity contribution >= 4 is 27.5 Å². The summed E-state index contributed by atoms with van der Waals surface area (Å²) in [5.41, 5.74) is 0.941. The smallest absolute Gasteiger partial charge is 0.258 e. The van der Waals surface area contributed by atoms with Crippen LogP contribution in [0.25, 0.3) is 0 Å². The number of hydrogen-bond donors (Lipinski definition) is 2. The monoisotopic (exact) mass is 579 g/mol. The van der Waals surface area contributed by atoms with Crippen LogP contribution in [0.2, 0.25) is 0 Å². The van der Waals surface area contributed by atoms with E-state index in [1.54, 1.807) is 43.9 Å². The SMILES string of the molecule is Cc1noc(C)c1S(=O)(=O)N(C)C[C@@H]1Oc2ccc(NC(=O)CCCN(C)C)cc2C(=O)N([C@@H](C)CO)C[C@@H]1C. The Bertz CT molecular complexity index is 1290. The fourth-order valence-corrected chi connectivity index (χ4v) is 6.11. The summed E-state index contributed by atoms with van der Waals surface area (Å²) in [6.45, 7) is 7.48. The Balaban J connectivity index is 1.91. The van der Waals surface area contributed by atoms with Crippen molar-refractivity contribution < 1.29 is 32.4 Å². The van der Waals surface area contributed by atoms with Gasteiger partial charge in [0.2, 0.25) is 15.9 Å². The third-order valence-corrected chi connectivity index (χ3v) is 9.10. The molecule has 12 nitrogen and oxygen atoms in total. The van der Waals surface area contributed by atoms with Crippen molar-refractivity contribution in [3.8, 4) is 5.75 Å². The quantitative estimate of drug-likeness (QED) is 0.409. The summed E-state index contributed by atoms with van der Waals surface area (Å²) in [7, 11) is 1.41. The summed E-state index contributed by atoms with van der Waals surface area (Å²) in [5, 5.41) is 16.5. The van der Waals surface area contributed by atoms with Gasteiger partial charge in [0.05, 0.1) is 24.8 Å². The lowest BCUT2D eigenvalue weighted by Gasteiger charge is -2.38. The second-order valence-electron chi connectivity index (χ2n) is 10.7. The van der Waals surface area contributed by atoms with E-state index in [4.69, 9.17) is 9.26 Å². The second-order valence-corrected chi connectivity index (χ2v) is 12.7. The summed E-state index contributed by atoms with van der Waals surface area (Å²) in [5.74, 6) is -0.331. The minimum absolute atomic E-state index is 0.00704. The molecule has 0 aliphatic carbocycles. The van der Waals surface area contributed by atoms with Crippen LogP contribution in [0.15, 0.2) is 27.6 Å². The molecule has 2 heterocycles. The molecule has 2 N–H and O–H groups in total. The summed E-state index contributed by atoms with van der Waals surface area (Å²) in [6.07, 6.45) is 0.392. The van der Waals surface area contributed by atoms with Gasteiger partial charge in [0.15, 0.2) is 5.76 Å². The number of aliphatic hydroxyl groups is 1. The van der Waals surface area contributed by atoms with E-state index in [0.29, 0.717) is 18.5 Å². The van der Waals surface area contributed by atoms with Crippen molar-refractivity contribution in [3.05, 3.63) is 35.2 Å². The highest BCUT2D eigenvalue weighted by Crippen LogP contribution is 2.31. The Morgan fingerprint density at radius 1 is 1.27 bits per heavy atom. The lowest BCUT2D eigenvalue weighted by Crippen LogP contribution is -2.50. The first-order valence-electron chi connectivity index (χ1n) is 13.3. The molecule has 1 aromatic carbocycles. The minimum Gasteiger partial charge on any atom is -0.488 e. The van der Waals surface area contributed by atoms with Crippen LogP contribution < -0.4 is 10.1 Å². The second kappa shape index (κ2) is 13.1. The zero-order valence-electron chi connectivity index (χ0n) is 24.3. The van der Waals surface area contributed by atoms with E-state index in [9.17, 15) is 23.1 Å². The fraction of sp³-hybridized carbons (Fsp3) is 0.593. The van der Waals surface area contributed by atoms with E-state index in [1.165, 1.54) is 11.4 Å². The topological polar surface area (TPSA) is 146 Å². The van der Waals surface area contributed by atoms with Gasteiger partial charge in [-0.25, -0.2) is 8.42 Å². The van der Waals surface area contributed by atoms with Crippen LogP contribution in [0.4, 0.5) is 5.69 Å². The van der Waals surface area contributed by atoms with Crippen LogP contribution in [0.1, 0.15) is 48.5 Å². The van der Waals surface area contributed by atoms with Crippen LogP contribution in [0, 0.1) is 19.8 Å². The van der Waals surface area contributed by atoms with Crippen molar-refractivity contribution in [1.29, 1.82) is 0 Å². The van der Waals surface area contributed by atoms with Gasteiger partial charge in [-0.05, 0) is 66.0 Å². The van der Waals surface area contributed by atoms with E-state index in [1.807, 2.05) is 25.9 Å². The molecular weight excluding hydrogens is 538 g/mol. The zero-order valence-corrected chi connectivity index (χ0v) is 25.1. The van der Waals surface area contributed by atoms with Crippen molar-refractivity contribution in [1.82, 2.24) is 19.3 Å². The summed E-state index contributed by atoms with van der Waals surface area (Å²) >= 11 is 0. The number of carbonyl (C=O) groups excluding carboxylic acids is 2. The third-order valence-electron chi connectivity index (χ3n) is 7.03. The molecule has 0 bridgehead atoms. The number of likely N-dealkylation sites (N-methyl/N-ethyl adjacent to an activating group) is 1. The third kappa shape index (κ3) is 7.19. The van der Waals surface area contributed by atoms with Crippen LogP contribution in [0.5, 0.6) is 5.75 Å². The molecule has 3 atom stereocenters. The number of benzene rings is 1. The van der Waals surface area contributed by atoms with Gasteiger partial charge in [-0.3, -0.25) is 9.59 Å². The van der Waals surface area contributed by atoms with E-state index in [-0.39, 0.29) is 65.1 Å². The average molecular weight is 580 g/mol. The van der Waals surface area contributed by atoms with Gasteiger partial charge >= 0.3 is 0 Å². The first-order valence-corrected chi connectivity index (χ1v) is 14.8. The van der Waals surface area contributed by atoms with E-state index < -0.39 is 22.2 Å². The summed E-state index contributed by atoms with van der Waals surface area (Å²) < 4.78 is 39.3. The first-order chi connectivity index (χ1) is 18.8. The Morgan fingerprint density at radius 3 is 2.58 bits per heavy atom. The van der Waals surface area contributed by atoms with Crippen molar-refractivity contribution in [2.45, 2.75) is 57.6 Å². The molecule has 0 spiro atoms. The van der Waals surface area contributed by atoms with Crippen LogP contribution in [0.3, 0.4) is 0 Å². The first kappa shape index (κ1) is 31.5. The molecule has 0 radical (unpaired) electrons. The molecule has 0 saturated carbocycles. The highest BCUT2D eigenvalue weighted by atomic mass is 32.2. The maximum absolute atomic E-state index is 13.6. The largest absolute Gasteiger partial charge is 0.488 e.